The smallest absolute Gasteiger partial charge is 0.233 e. The molecular formula is C25H23N5O4S. The van der Waals surface area contributed by atoms with Gasteiger partial charge in [0, 0.05) is 30.2 Å². The molecule has 10 heteroatoms. The van der Waals surface area contributed by atoms with Crippen LogP contribution in [-0.4, -0.2) is 44.8 Å². The quantitative estimate of drug-likeness (QED) is 0.373. The van der Waals surface area contributed by atoms with Crippen LogP contribution in [-0.2, 0) is 11.3 Å². The summed E-state index contributed by atoms with van der Waals surface area (Å²) in [7, 11) is 1.63. The van der Waals surface area contributed by atoms with Crippen molar-refractivity contribution in [3.8, 4) is 34.3 Å². The van der Waals surface area contributed by atoms with Crippen LogP contribution in [0.15, 0.2) is 72.1 Å². The van der Waals surface area contributed by atoms with Gasteiger partial charge in [0.05, 0.1) is 12.4 Å². The van der Waals surface area contributed by atoms with E-state index in [-0.39, 0.29) is 12.7 Å². The highest BCUT2D eigenvalue weighted by atomic mass is 32.2. The lowest BCUT2D eigenvalue weighted by Crippen LogP contribution is -2.30. The van der Waals surface area contributed by atoms with E-state index in [2.05, 4.69) is 20.5 Å². The van der Waals surface area contributed by atoms with Crippen molar-refractivity contribution in [1.29, 1.82) is 0 Å². The zero-order valence-corrected chi connectivity index (χ0v) is 20.0. The van der Waals surface area contributed by atoms with E-state index >= 15 is 0 Å². The van der Waals surface area contributed by atoms with Gasteiger partial charge in [-0.2, -0.15) is 0 Å². The van der Waals surface area contributed by atoms with Gasteiger partial charge in [0.15, 0.2) is 22.5 Å². The second kappa shape index (κ2) is 10.1. The molecule has 0 fully saturated rings. The van der Waals surface area contributed by atoms with Crippen LogP contribution in [0, 0.1) is 0 Å². The van der Waals surface area contributed by atoms with E-state index in [1.807, 2.05) is 66.1 Å². The Morgan fingerprint density at radius 1 is 1.09 bits per heavy atom. The molecule has 5 rings (SSSR count). The molecule has 1 N–H and O–H groups in total. The number of benzene rings is 2. The predicted molar refractivity (Wildman–Crippen MR) is 131 cm³/mol. The molecule has 1 aliphatic heterocycles. The van der Waals surface area contributed by atoms with Gasteiger partial charge >= 0.3 is 0 Å². The number of thioether (sulfide) groups is 1. The van der Waals surface area contributed by atoms with E-state index in [4.69, 9.17) is 14.2 Å². The molecule has 0 bridgehead atoms. The maximum absolute atomic E-state index is 12.9. The normalized spacial score (nSPS) is 12.9. The number of fused-ring (bicyclic) bond motifs is 1. The first kappa shape index (κ1) is 22.7. The lowest BCUT2D eigenvalue weighted by atomic mass is 10.2. The van der Waals surface area contributed by atoms with Crippen molar-refractivity contribution in [3.63, 3.8) is 0 Å². The molecular weight excluding hydrogens is 466 g/mol. The second-order valence-electron chi connectivity index (χ2n) is 7.74. The number of pyridine rings is 1. The number of amides is 1. The number of nitrogens with one attached hydrogen (secondary N) is 1. The molecule has 1 unspecified atom stereocenters. The Kier molecular flexibility index (Phi) is 6.53. The minimum atomic E-state index is -0.407. The topological polar surface area (TPSA) is 100 Å². The molecule has 1 amide bonds. The van der Waals surface area contributed by atoms with Gasteiger partial charge in [0.2, 0.25) is 12.7 Å². The average molecular weight is 490 g/mol. The zero-order valence-electron chi connectivity index (χ0n) is 19.2. The maximum atomic E-state index is 12.9. The number of carbonyl (C=O) groups is 1. The molecule has 2 aromatic carbocycles. The Labute approximate surface area is 206 Å². The summed E-state index contributed by atoms with van der Waals surface area (Å²) < 4.78 is 18.0. The van der Waals surface area contributed by atoms with Crippen molar-refractivity contribution in [2.45, 2.75) is 23.9 Å². The van der Waals surface area contributed by atoms with Crippen LogP contribution in [0.5, 0.6) is 17.2 Å². The van der Waals surface area contributed by atoms with Crippen LogP contribution in [0.25, 0.3) is 17.1 Å². The first-order valence-corrected chi connectivity index (χ1v) is 11.8. The largest absolute Gasteiger partial charge is 0.497 e. The van der Waals surface area contributed by atoms with Crippen LogP contribution in [0.1, 0.15) is 12.5 Å². The second-order valence-corrected chi connectivity index (χ2v) is 9.05. The molecule has 0 spiro atoms. The minimum Gasteiger partial charge on any atom is -0.497 e. The lowest BCUT2D eigenvalue weighted by molar-refractivity contribution is -0.120. The Hall–Kier alpha value is -4.05. The Morgan fingerprint density at radius 3 is 2.63 bits per heavy atom. The summed E-state index contributed by atoms with van der Waals surface area (Å²) in [6.45, 7) is 2.45. The molecule has 9 nitrogen and oxygen atoms in total. The fraction of sp³-hybridized carbons (Fsp3) is 0.200. The molecule has 1 atom stereocenters. The van der Waals surface area contributed by atoms with Gasteiger partial charge in [-0.15, -0.1) is 10.2 Å². The van der Waals surface area contributed by atoms with Crippen molar-refractivity contribution >= 4 is 17.7 Å². The number of ether oxygens (including phenoxy) is 3. The maximum Gasteiger partial charge on any atom is 0.233 e. The van der Waals surface area contributed by atoms with E-state index in [1.165, 1.54) is 11.8 Å². The Bertz CT molecular complexity index is 1330. The number of carbonyl (C=O) groups excluding carboxylic acids is 1. The molecule has 0 saturated heterocycles. The molecule has 3 heterocycles. The van der Waals surface area contributed by atoms with Crippen LogP contribution < -0.4 is 19.5 Å². The number of aromatic nitrogens is 4. The number of nitrogens with zero attached hydrogens (tertiary/aromatic N) is 4. The van der Waals surface area contributed by atoms with Gasteiger partial charge in [-0.25, -0.2) is 0 Å². The third-order valence-corrected chi connectivity index (χ3v) is 6.50. The highest BCUT2D eigenvalue weighted by Gasteiger charge is 2.22. The van der Waals surface area contributed by atoms with Crippen LogP contribution in [0.2, 0.25) is 0 Å². The molecule has 35 heavy (non-hydrogen) atoms. The summed E-state index contributed by atoms with van der Waals surface area (Å²) in [5.74, 6) is 2.70. The first-order chi connectivity index (χ1) is 17.1. The van der Waals surface area contributed by atoms with Gasteiger partial charge in [-0.3, -0.25) is 14.3 Å². The molecule has 4 aromatic rings. The highest BCUT2D eigenvalue weighted by Crippen LogP contribution is 2.33. The predicted octanol–water partition coefficient (Wildman–Crippen LogP) is 3.86. The molecule has 2 aromatic heterocycles. The van der Waals surface area contributed by atoms with Crippen molar-refractivity contribution in [2.24, 2.45) is 0 Å². The van der Waals surface area contributed by atoms with Crippen molar-refractivity contribution < 1.29 is 19.0 Å². The van der Waals surface area contributed by atoms with Gasteiger partial charge in [-0.1, -0.05) is 17.8 Å². The van der Waals surface area contributed by atoms with Gasteiger partial charge in [0.1, 0.15) is 5.75 Å². The summed E-state index contributed by atoms with van der Waals surface area (Å²) in [5, 5.41) is 12.0. The zero-order chi connectivity index (χ0) is 24.2. The summed E-state index contributed by atoms with van der Waals surface area (Å²) in [6.07, 6.45) is 3.42. The van der Waals surface area contributed by atoms with Crippen molar-refractivity contribution in [2.75, 3.05) is 13.9 Å². The summed E-state index contributed by atoms with van der Waals surface area (Å²) in [4.78, 5) is 17.0. The van der Waals surface area contributed by atoms with E-state index in [0.29, 0.717) is 29.0 Å². The fourth-order valence-corrected chi connectivity index (χ4v) is 4.49. The van der Waals surface area contributed by atoms with E-state index < -0.39 is 5.25 Å². The van der Waals surface area contributed by atoms with E-state index in [0.717, 1.165) is 22.6 Å². The van der Waals surface area contributed by atoms with Crippen LogP contribution >= 0.6 is 11.8 Å². The Balaban J connectivity index is 1.35. The van der Waals surface area contributed by atoms with Crippen LogP contribution in [0.3, 0.4) is 0 Å². The molecule has 1 aliphatic rings. The number of hydrogen-bond acceptors (Lipinski definition) is 8. The van der Waals surface area contributed by atoms with E-state index in [1.54, 1.807) is 19.5 Å². The van der Waals surface area contributed by atoms with E-state index in [9.17, 15) is 4.79 Å². The Morgan fingerprint density at radius 2 is 1.86 bits per heavy atom. The standard InChI is InChI=1S/C25H23N5O4S/c1-16(24(31)27-14-17-3-8-21-22(13-17)34-15-33-21)35-25-29-28-23(18-9-11-26-12-10-18)30(25)19-4-6-20(32-2)7-5-19/h3-13,16H,14-15H2,1-2H3,(H,27,31). The summed E-state index contributed by atoms with van der Waals surface area (Å²) in [6, 6.07) is 17.0. The van der Waals surface area contributed by atoms with Gasteiger partial charge in [-0.05, 0) is 61.0 Å². The third kappa shape index (κ3) is 4.92. The number of methoxy groups -OCH3 is 1. The number of hydrogen-bond donors (Lipinski definition) is 1. The van der Waals surface area contributed by atoms with Gasteiger partial charge in [0.25, 0.3) is 0 Å². The molecule has 178 valence electrons. The molecule has 0 aliphatic carbocycles. The lowest BCUT2D eigenvalue weighted by Gasteiger charge is -2.14. The average Bonchev–Trinajstić information content (AvgIpc) is 3.54. The monoisotopic (exact) mass is 489 g/mol. The third-order valence-electron chi connectivity index (χ3n) is 5.46. The summed E-state index contributed by atoms with van der Waals surface area (Å²) in [5.41, 5.74) is 2.66. The SMILES string of the molecule is COc1ccc(-n2c(SC(C)C(=O)NCc3ccc4c(c3)OCO4)nnc2-c2ccncc2)cc1. The molecule has 0 saturated carbocycles. The highest BCUT2D eigenvalue weighted by molar-refractivity contribution is 8.00. The molecule has 0 radical (unpaired) electrons. The fourth-order valence-electron chi connectivity index (χ4n) is 3.59. The first-order valence-electron chi connectivity index (χ1n) is 11.0. The minimum absolute atomic E-state index is 0.109. The summed E-state index contributed by atoms with van der Waals surface area (Å²) >= 11 is 1.34. The number of rotatable bonds is 8. The van der Waals surface area contributed by atoms with Gasteiger partial charge < -0.3 is 19.5 Å². The van der Waals surface area contributed by atoms with Crippen molar-refractivity contribution in [3.05, 3.63) is 72.6 Å². The van der Waals surface area contributed by atoms with Crippen LogP contribution in [0.4, 0.5) is 0 Å². The van der Waals surface area contributed by atoms with Crippen molar-refractivity contribution in [1.82, 2.24) is 25.1 Å².